The first-order valence-corrected chi connectivity index (χ1v) is 8.47. The Bertz CT molecular complexity index is 645. The van der Waals surface area contributed by atoms with Crippen LogP contribution in [-0.2, 0) is 14.3 Å². The fourth-order valence-electron chi connectivity index (χ4n) is 2.09. The van der Waals surface area contributed by atoms with Gasteiger partial charge in [0.15, 0.2) is 5.84 Å². The summed E-state index contributed by atoms with van der Waals surface area (Å²) in [7, 11) is 1.26. The zero-order chi connectivity index (χ0) is 20.4. The van der Waals surface area contributed by atoms with Gasteiger partial charge in [0.2, 0.25) is 0 Å². The quantitative estimate of drug-likeness (QED) is 0.221. The smallest absolute Gasteiger partial charge is 0.410 e. The number of amides is 1. The molecule has 150 valence electrons. The first-order valence-electron chi connectivity index (χ1n) is 8.47. The second kappa shape index (κ2) is 10.9. The number of rotatable bonds is 9. The summed E-state index contributed by atoms with van der Waals surface area (Å²) >= 11 is 0. The van der Waals surface area contributed by atoms with E-state index in [0.29, 0.717) is 5.75 Å². The number of ether oxygens (including phenoxy) is 3. The van der Waals surface area contributed by atoms with Gasteiger partial charge in [0.1, 0.15) is 18.9 Å². The van der Waals surface area contributed by atoms with Crippen molar-refractivity contribution in [2.75, 3.05) is 26.9 Å². The Kier molecular flexibility index (Phi) is 8.91. The highest BCUT2D eigenvalue weighted by molar-refractivity contribution is 5.81. The lowest BCUT2D eigenvalue weighted by Gasteiger charge is -2.28. The number of oxime groups is 1. The van der Waals surface area contributed by atoms with E-state index < -0.39 is 18.1 Å². The number of benzene rings is 1. The van der Waals surface area contributed by atoms with Crippen LogP contribution in [0.5, 0.6) is 5.75 Å². The summed E-state index contributed by atoms with van der Waals surface area (Å²) in [6.07, 6.45) is -0.589. The fourth-order valence-corrected chi connectivity index (χ4v) is 2.09. The third-order valence-electron chi connectivity index (χ3n) is 3.65. The van der Waals surface area contributed by atoms with Gasteiger partial charge in [0.05, 0.1) is 19.8 Å². The topological polar surface area (TPSA) is 124 Å². The average molecular weight is 381 g/mol. The normalized spacial score (nSPS) is 12.4. The molecule has 9 heteroatoms. The van der Waals surface area contributed by atoms with Crippen molar-refractivity contribution in [2.45, 2.75) is 26.8 Å². The third-order valence-corrected chi connectivity index (χ3v) is 3.65. The lowest BCUT2D eigenvalue weighted by Crippen LogP contribution is -2.39. The Hall–Kier alpha value is -2.97. The van der Waals surface area contributed by atoms with Gasteiger partial charge in [-0.2, -0.15) is 0 Å². The van der Waals surface area contributed by atoms with Crippen LogP contribution in [0.25, 0.3) is 0 Å². The molecule has 1 amide bonds. The Morgan fingerprint density at radius 1 is 1.22 bits per heavy atom. The number of nitrogens with zero attached hydrogens (tertiary/aromatic N) is 2. The Labute approximate surface area is 158 Å². The lowest BCUT2D eigenvalue weighted by molar-refractivity contribution is -0.142. The van der Waals surface area contributed by atoms with Crippen molar-refractivity contribution in [1.82, 2.24) is 4.90 Å². The van der Waals surface area contributed by atoms with Gasteiger partial charge in [-0.3, -0.25) is 9.69 Å². The van der Waals surface area contributed by atoms with E-state index in [2.05, 4.69) is 9.89 Å². The monoisotopic (exact) mass is 381 g/mol. The molecule has 9 nitrogen and oxygen atoms in total. The number of carbonyl (C=O) groups excluding carboxylic acids is 2. The minimum absolute atomic E-state index is 0.0513. The minimum Gasteiger partial charge on any atom is -0.486 e. The molecule has 1 unspecified atom stereocenters. The minimum atomic E-state index is -0.589. The molecule has 0 bridgehead atoms. The molecule has 0 aliphatic heterocycles. The second-order valence-corrected chi connectivity index (χ2v) is 6.30. The van der Waals surface area contributed by atoms with E-state index in [1.165, 1.54) is 12.0 Å². The Morgan fingerprint density at radius 3 is 2.37 bits per heavy atom. The van der Waals surface area contributed by atoms with Crippen LogP contribution in [0.3, 0.4) is 0 Å². The number of carbonyl (C=O) groups is 2. The lowest BCUT2D eigenvalue weighted by atomic mass is 10.1. The van der Waals surface area contributed by atoms with Crippen LogP contribution in [0.2, 0.25) is 0 Å². The van der Waals surface area contributed by atoms with Crippen LogP contribution in [0.4, 0.5) is 4.79 Å². The summed E-state index contributed by atoms with van der Waals surface area (Å²) in [4.78, 5) is 25.4. The molecule has 1 rings (SSSR count). The first kappa shape index (κ1) is 22.1. The second-order valence-electron chi connectivity index (χ2n) is 6.30. The van der Waals surface area contributed by atoms with Gasteiger partial charge < -0.3 is 25.2 Å². The molecule has 0 saturated heterocycles. The molecule has 0 aliphatic carbocycles. The van der Waals surface area contributed by atoms with Crippen molar-refractivity contribution in [3.63, 3.8) is 0 Å². The predicted molar refractivity (Wildman–Crippen MR) is 98.7 cm³/mol. The maximum absolute atomic E-state index is 12.4. The van der Waals surface area contributed by atoms with Crippen LogP contribution in [0, 0.1) is 5.92 Å². The van der Waals surface area contributed by atoms with Crippen LogP contribution in [0.15, 0.2) is 29.4 Å². The summed E-state index contributed by atoms with van der Waals surface area (Å²) in [5.74, 6) is 0.0988. The highest BCUT2D eigenvalue weighted by Crippen LogP contribution is 2.23. The largest absolute Gasteiger partial charge is 0.486 e. The van der Waals surface area contributed by atoms with Gasteiger partial charge in [0.25, 0.3) is 0 Å². The maximum atomic E-state index is 12.4. The molecule has 0 saturated carbocycles. The van der Waals surface area contributed by atoms with Crippen LogP contribution in [-0.4, -0.2) is 54.9 Å². The van der Waals surface area contributed by atoms with Crippen molar-refractivity contribution >= 4 is 17.9 Å². The zero-order valence-corrected chi connectivity index (χ0v) is 16.0. The van der Waals surface area contributed by atoms with Crippen LogP contribution in [0.1, 0.15) is 32.4 Å². The van der Waals surface area contributed by atoms with Crippen molar-refractivity contribution in [3.8, 4) is 5.75 Å². The number of esters is 1. The Morgan fingerprint density at radius 2 is 1.85 bits per heavy atom. The zero-order valence-electron chi connectivity index (χ0n) is 16.0. The van der Waals surface area contributed by atoms with Gasteiger partial charge in [0, 0.05) is 0 Å². The molecular formula is C18H27N3O6. The highest BCUT2D eigenvalue weighted by Gasteiger charge is 2.26. The van der Waals surface area contributed by atoms with E-state index in [9.17, 15) is 9.59 Å². The highest BCUT2D eigenvalue weighted by atomic mass is 16.6. The molecule has 0 aliphatic rings. The summed E-state index contributed by atoms with van der Waals surface area (Å²) in [6, 6.07) is 6.46. The van der Waals surface area contributed by atoms with E-state index in [0.717, 1.165) is 5.56 Å². The molecule has 27 heavy (non-hydrogen) atoms. The summed E-state index contributed by atoms with van der Waals surface area (Å²) < 4.78 is 15.3. The number of hydrogen-bond acceptors (Lipinski definition) is 7. The molecule has 0 fully saturated rings. The predicted octanol–water partition coefficient (Wildman–Crippen LogP) is 2.14. The van der Waals surface area contributed by atoms with Crippen molar-refractivity contribution in [3.05, 3.63) is 29.8 Å². The van der Waals surface area contributed by atoms with Gasteiger partial charge >= 0.3 is 12.1 Å². The van der Waals surface area contributed by atoms with Gasteiger partial charge in [-0.05, 0) is 30.5 Å². The Balaban J connectivity index is 2.88. The van der Waals surface area contributed by atoms with E-state index >= 15 is 0 Å². The fraction of sp³-hybridized carbons (Fsp3) is 0.500. The summed E-state index contributed by atoms with van der Waals surface area (Å²) in [6.45, 7) is 5.61. The van der Waals surface area contributed by atoms with Crippen LogP contribution >= 0.6 is 0 Å². The van der Waals surface area contributed by atoms with Gasteiger partial charge in [-0.1, -0.05) is 31.1 Å². The van der Waals surface area contributed by atoms with Crippen molar-refractivity contribution in [2.24, 2.45) is 16.8 Å². The van der Waals surface area contributed by atoms with Crippen molar-refractivity contribution in [1.29, 1.82) is 0 Å². The summed E-state index contributed by atoms with van der Waals surface area (Å²) in [5.41, 5.74) is 6.13. The molecule has 0 radical (unpaired) electrons. The SMILES string of the molecule is COC(=O)CN(C(=O)OCC(C)C)C(C)c1ccc(OC/C(N)=N/O)cc1. The molecule has 3 N–H and O–H groups in total. The van der Waals surface area contributed by atoms with Gasteiger partial charge in [-0.15, -0.1) is 0 Å². The van der Waals surface area contributed by atoms with Crippen molar-refractivity contribution < 1.29 is 29.0 Å². The molecule has 1 aromatic rings. The number of methoxy groups -OCH3 is 1. The number of amidine groups is 1. The molecule has 0 spiro atoms. The standard InChI is InChI=1S/C18H27N3O6/c1-12(2)10-27-18(23)21(9-17(22)25-4)13(3)14-5-7-15(8-6-14)26-11-16(19)20-24/h5-8,12-13,24H,9-11H2,1-4H3,(H2,19,20). The number of nitrogens with two attached hydrogens (primary N) is 1. The van der Waals surface area contributed by atoms with Crippen LogP contribution < -0.4 is 10.5 Å². The first-order chi connectivity index (χ1) is 12.8. The van der Waals surface area contributed by atoms with E-state index in [4.69, 9.17) is 20.4 Å². The molecule has 1 aromatic carbocycles. The molecule has 0 aromatic heterocycles. The third kappa shape index (κ3) is 7.43. The van der Waals surface area contributed by atoms with Gasteiger partial charge in [-0.25, -0.2) is 4.79 Å². The summed E-state index contributed by atoms with van der Waals surface area (Å²) in [5, 5.41) is 11.3. The average Bonchev–Trinajstić information content (AvgIpc) is 2.67. The maximum Gasteiger partial charge on any atom is 0.410 e. The molecule has 0 heterocycles. The van der Waals surface area contributed by atoms with E-state index in [1.807, 2.05) is 13.8 Å². The van der Waals surface area contributed by atoms with E-state index in [1.54, 1.807) is 31.2 Å². The number of hydrogen-bond donors (Lipinski definition) is 2. The molecular weight excluding hydrogens is 354 g/mol. The molecule has 1 atom stereocenters. The van der Waals surface area contributed by atoms with E-state index in [-0.39, 0.29) is 31.5 Å².